The zero-order chi connectivity index (χ0) is 15.4. The number of methoxy groups -OCH3 is 1. The summed E-state index contributed by atoms with van der Waals surface area (Å²) in [6.45, 7) is 0.279. The zero-order valence-corrected chi connectivity index (χ0v) is 12.8. The van der Waals surface area contributed by atoms with E-state index < -0.39 is 5.82 Å². The van der Waals surface area contributed by atoms with Crippen molar-refractivity contribution in [2.45, 2.75) is 6.61 Å². The highest BCUT2D eigenvalue weighted by Crippen LogP contribution is 2.23. The van der Waals surface area contributed by atoms with E-state index in [1.54, 1.807) is 19.2 Å². The second-order valence-electron chi connectivity index (χ2n) is 4.26. The van der Waals surface area contributed by atoms with E-state index in [9.17, 15) is 4.39 Å². The van der Waals surface area contributed by atoms with Gasteiger partial charge in [0.1, 0.15) is 28.9 Å². The summed E-state index contributed by atoms with van der Waals surface area (Å²) in [4.78, 5) is 0.249. The second-order valence-corrected chi connectivity index (χ2v) is 5.11. The zero-order valence-electron chi connectivity index (χ0n) is 11.2. The van der Waals surface area contributed by atoms with E-state index in [4.69, 9.17) is 39.0 Å². The Morgan fingerprint density at radius 1 is 1.29 bits per heavy atom. The summed E-state index contributed by atoms with van der Waals surface area (Å²) in [5, 5.41) is 0.0195. The maximum atomic E-state index is 13.1. The van der Waals surface area contributed by atoms with Crippen molar-refractivity contribution in [3.05, 3.63) is 58.4 Å². The molecule has 0 aliphatic rings. The van der Waals surface area contributed by atoms with Crippen LogP contribution in [0.5, 0.6) is 11.5 Å². The van der Waals surface area contributed by atoms with Gasteiger partial charge in [0.25, 0.3) is 0 Å². The van der Waals surface area contributed by atoms with E-state index in [0.29, 0.717) is 17.1 Å². The monoisotopic (exact) mass is 325 g/mol. The summed E-state index contributed by atoms with van der Waals surface area (Å²) in [6.07, 6.45) is 0. The Balaban J connectivity index is 2.14. The average molecular weight is 326 g/mol. The maximum absolute atomic E-state index is 13.1. The molecule has 0 aliphatic heterocycles. The summed E-state index contributed by atoms with van der Waals surface area (Å²) >= 11 is 10.7. The van der Waals surface area contributed by atoms with Gasteiger partial charge in [-0.1, -0.05) is 29.9 Å². The van der Waals surface area contributed by atoms with Gasteiger partial charge in [0.15, 0.2) is 0 Å². The van der Waals surface area contributed by atoms with Crippen molar-refractivity contribution < 1.29 is 13.9 Å². The van der Waals surface area contributed by atoms with Crippen LogP contribution in [0.15, 0.2) is 36.4 Å². The Bertz CT molecular complexity index is 679. The van der Waals surface area contributed by atoms with E-state index in [2.05, 4.69) is 0 Å². The Labute approximate surface area is 132 Å². The van der Waals surface area contributed by atoms with Crippen LogP contribution < -0.4 is 15.2 Å². The molecule has 0 saturated carbocycles. The van der Waals surface area contributed by atoms with Crippen LogP contribution in [0.25, 0.3) is 0 Å². The first-order valence-electron chi connectivity index (χ1n) is 6.06. The smallest absolute Gasteiger partial charge is 0.142 e. The Kier molecular flexibility index (Phi) is 4.98. The minimum atomic E-state index is -0.482. The fourth-order valence-corrected chi connectivity index (χ4v) is 2.10. The van der Waals surface area contributed by atoms with Crippen LogP contribution in [0.1, 0.15) is 11.1 Å². The van der Waals surface area contributed by atoms with Crippen molar-refractivity contribution in [2.24, 2.45) is 5.73 Å². The van der Waals surface area contributed by atoms with Crippen molar-refractivity contribution in [3.63, 3.8) is 0 Å². The molecular formula is C15H13ClFNO2S. The normalized spacial score (nSPS) is 10.2. The Morgan fingerprint density at radius 2 is 2.05 bits per heavy atom. The molecule has 0 aromatic heterocycles. The van der Waals surface area contributed by atoms with Crippen molar-refractivity contribution in [3.8, 4) is 11.5 Å². The summed E-state index contributed by atoms with van der Waals surface area (Å²) in [7, 11) is 1.55. The molecule has 2 N–H and O–H groups in total. The van der Waals surface area contributed by atoms with E-state index in [1.165, 1.54) is 18.2 Å². The molecule has 0 unspecified atom stereocenters. The van der Waals surface area contributed by atoms with Gasteiger partial charge in [-0.3, -0.25) is 0 Å². The summed E-state index contributed by atoms with van der Waals surface area (Å²) in [6, 6.07) is 9.60. The van der Waals surface area contributed by atoms with Crippen LogP contribution in [-0.4, -0.2) is 12.1 Å². The van der Waals surface area contributed by atoms with Crippen LogP contribution >= 0.6 is 23.8 Å². The highest BCUT2D eigenvalue weighted by atomic mass is 35.5. The first-order valence-corrected chi connectivity index (χ1v) is 6.84. The highest BCUT2D eigenvalue weighted by Gasteiger charge is 2.08. The standard InChI is InChI=1S/C15H13ClFNO2S/c1-19-14-5-2-9(6-11(14)15(18)21)8-20-10-3-4-13(17)12(16)7-10/h2-7H,8H2,1H3,(H2,18,21). The number of hydrogen-bond acceptors (Lipinski definition) is 3. The van der Waals surface area contributed by atoms with Gasteiger partial charge in [-0.05, 0) is 29.8 Å². The van der Waals surface area contributed by atoms with E-state index in [0.717, 1.165) is 5.56 Å². The molecule has 0 spiro atoms. The van der Waals surface area contributed by atoms with Gasteiger partial charge in [0, 0.05) is 6.07 Å². The third-order valence-electron chi connectivity index (χ3n) is 2.83. The van der Waals surface area contributed by atoms with E-state index >= 15 is 0 Å². The third kappa shape index (κ3) is 3.83. The van der Waals surface area contributed by atoms with Crippen LogP contribution in [0, 0.1) is 5.82 Å². The molecule has 0 atom stereocenters. The molecule has 0 bridgehead atoms. The molecule has 6 heteroatoms. The van der Waals surface area contributed by atoms with E-state index in [1.807, 2.05) is 6.07 Å². The van der Waals surface area contributed by atoms with Crippen LogP contribution in [0.3, 0.4) is 0 Å². The predicted molar refractivity (Wildman–Crippen MR) is 84.6 cm³/mol. The van der Waals surface area contributed by atoms with Gasteiger partial charge in [-0.15, -0.1) is 0 Å². The molecule has 0 heterocycles. The number of hydrogen-bond donors (Lipinski definition) is 1. The van der Waals surface area contributed by atoms with Crippen LogP contribution in [-0.2, 0) is 6.61 Å². The predicted octanol–water partition coefficient (Wildman–Crippen LogP) is 3.70. The third-order valence-corrected chi connectivity index (χ3v) is 3.34. The van der Waals surface area contributed by atoms with Crippen molar-refractivity contribution in [1.82, 2.24) is 0 Å². The lowest BCUT2D eigenvalue weighted by Crippen LogP contribution is -2.12. The largest absolute Gasteiger partial charge is 0.496 e. The number of thiocarbonyl (C=S) groups is 1. The van der Waals surface area contributed by atoms with Crippen LogP contribution in [0.2, 0.25) is 5.02 Å². The number of rotatable bonds is 5. The van der Waals surface area contributed by atoms with Crippen molar-refractivity contribution >= 4 is 28.8 Å². The molecular weight excluding hydrogens is 313 g/mol. The lowest BCUT2D eigenvalue weighted by molar-refractivity contribution is 0.305. The molecule has 2 aromatic carbocycles. The molecule has 0 fully saturated rings. The van der Waals surface area contributed by atoms with Crippen LogP contribution in [0.4, 0.5) is 4.39 Å². The number of nitrogens with two attached hydrogens (primary N) is 1. The minimum absolute atomic E-state index is 0.0195. The molecule has 0 amide bonds. The fraction of sp³-hybridized carbons (Fsp3) is 0.133. The highest BCUT2D eigenvalue weighted by molar-refractivity contribution is 7.80. The molecule has 0 radical (unpaired) electrons. The van der Waals surface area contributed by atoms with Gasteiger partial charge < -0.3 is 15.2 Å². The SMILES string of the molecule is COc1ccc(COc2ccc(F)c(Cl)c2)cc1C(N)=S. The number of halogens is 2. The van der Waals surface area contributed by atoms with Gasteiger partial charge in [-0.2, -0.15) is 0 Å². The van der Waals surface area contributed by atoms with Gasteiger partial charge >= 0.3 is 0 Å². The average Bonchev–Trinajstić information content (AvgIpc) is 2.48. The molecule has 0 saturated heterocycles. The summed E-state index contributed by atoms with van der Waals surface area (Å²) < 4.78 is 23.8. The van der Waals surface area contributed by atoms with Gasteiger partial charge in [-0.25, -0.2) is 4.39 Å². The first kappa shape index (κ1) is 15.5. The van der Waals surface area contributed by atoms with Gasteiger partial charge in [0.05, 0.1) is 17.7 Å². The fourth-order valence-electron chi connectivity index (χ4n) is 1.77. The van der Waals surface area contributed by atoms with Crippen molar-refractivity contribution in [1.29, 1.82) is 0 Å². The molecule has 110 valence electrons. The summed E-state index contributed by atoms with van der Waals surface area (Å²) in [5.74, 6) is 0.606. The van der Waals surface area contributed by atoms with E-state index in [-0.39, 0.29) is 16.6 Å². The van der Waals surface area contributed by atoms with Gasteiger partial charge in [0.2, 0.25) is 0 Å². The topological polar surface area (TPSA) is 44.5 Å². The molecule has 2 rings (SSSR count). The minimum Gasteiger partial charge on any atom is -0.496 e. The first-order chi connectivity index (χ1) is 10.0. The summed E-state index contributed by atoms with van der Waals surface area (Å²) in [5.41, 5.74) is 7.16. The number of ether oxygens (including phenoxy) is 2. The lowest BCUT2D eigenvalue weighted by Gasteiger charge is -2.11. The molecule has 21 heavy (non-hydrogen) atoms. The van der Waals surface area contributed by atoms with Crippen molar-refractivity contribution in [2.75, 3.05) is 7.11 Å². The Morgan fingerprint density at radius 3 is 2.67 bits per heavy atom. The molecule has 3 nitrogen and oxygen atoms in total. The quantitative estimate of drug-likeness (QED) is 0.851. The lowest BCUT2D eigenvalue weighted by atomic mass is 10.1. The number of benzene rings is 2. The molecule has 0 aliphatic carbocycles. The second kappa shape index (κ2) is 6.74. The Hall–Kier alpha value is -1.85. The molecule has 2 aromatic rings. The maximum Gasteiger partial charge on any atom is 0.142 e.